The monoisotopic (exact) mass is 484 g/mol. The summed E-state index contributed by atoms with van der Waals surface area (Å²) in [4.78, 5) is 28.3. The van der Waals surface area contributed by atoms with Crippen LogP contribution in [0.2, 0.25) is 0 Å². The molecule has 1 unspecified atom stereocenters. The topological polar surface area (TPSA) is 114 Å². The summed E-state index contributed by atoms with van der Waals surface area (Å²) >= 11 is 1.24. The number of aliphatic hydroxyl groups excluding tert-OH is 1. The number of thiazole rings is 1. The summed E-state index contributed by atoms with van der Waals surface area (Å²) in [6.45, 7) is 4.13. The summed E-state index contributed by atoms with van der Waals surface area (Å²) in [6.07, 6.45) is 4.50. The second kappa shape index (κ2) is 10.1. The Kier molecular flexibility index (Phi) is 6.75. The van der Waals surface area contributed by atoms with Crippen molar-refractivity contribution in [3.8, 4) is 11.5 Å². The summed E-state index contributed by atoms with van der Waals surface area (Å²) in [5, 5.41) is 14.7. The van der Waals surface area contributed by atoms with Crippen molar-refractivity contribution >= 4 is 34.0 Å². The van der Waals surface area contributed by atoms with E-state index in [1.54, 1.807) is 12.6 Å². The number of likely N-dealkylation sites (tertiary alicyclic amines) is 1. The van der Waals surface area contributed by atoms with Crippen LogP contribution in [0.5, 0.6) is 11.5 Å². The lowest BCUT2D eigenvalue weighted by Gasteiger charge is -2.28. The zero-order valence-electron chi connectivity index (χ0n) is 19.1. The second-order valence-electron chi connectivity index (χ2n) is 8.44. The normalized spacial score (nSPS) is 17.4. The van der Waals surface area contributed by atoms with Crippen molar-refractivity contribution in [2.24, 2.45) is 4.99 Å². The van der Waals surface area contributed by atoms with Gasteiger partial charge in [0.15, 0.2) is 11.5 Å². The van der Waals surface area contributed by atoms with Gasteiger partial charge in [0.2, 0.25) is 5.62 Å². The summed E-state index contributed by atoms with van der Waals surface area (Å²) in [6, 6.07) is 3.74. The molecule has 5 rings (SSSR count). The highest BCUT2D eigenvalue weighted by atomic mass is 32.1. The lowest BCUT2D eigenvalue weighted by Crippen LogP contribution is -2.38. The maximum absolute atomic E-state index is 12.6. The maximum atomic E-state index is 12.6. The van der Waals surface area contributed by atoms with Crippen LogP contribution in [0, 0.1) is 0 Å². The number of carbonyl (C=O) groups is 1. The molecule has 180 valence electrons. The minimum absolute atomic E-state index is 0.150. The van der Waals surface area contributed by atoms with Crippen LogP contribution in [0.3, 0.4) is 0 Å². The van der Waals surface area contributed by atoms with Crippen molar-refractivity contribution in [1.29, 1.82) is 0 Å². The highest BCUT2D eigenvalue weighted by Gasteiger charge is 2.22. The number of piperidine rings is 1. The van der Waals surface area contributed by atoms with Gasteiger partial charge in [0.25, 0.3) is 5.91 Å². The van der Waals surface area contributed by atoms with Crippen molar-refractivity contribution < 1.29 is 19.4 Å². The van der Waals surface area contributed by atoms with Gasteiger partial charge in [0.1, 0.15) is 28.9 Å². The fourth-order valence-electron chi connectivity index (χ4n) is 4.49. The van der Waals surface area contributed by atoms with Gasteiger partial charge in [-0.05, 0) is 38.1 Å². The fraction of sp³-hybridized carbons (Fsp3) is 0.478. The Balaban J connectivity index is 1.45. The predicted molar refractivity (Wildman–Crippen MR) is 129 cm³/mol. The van der Waals surface area contributed by atoms with Crippen molar-refractivity contribution in [1.82, 2.24) is 19.4 Å². The molecule has 1 aromatic carbocycles. The number of aliphatic hydroxyl groups is 1. The molecule has 1 atom stereocenters. The zero-order chi connectivity index (χ0) is 23.5. The third-order valence-electron chi connectivity index (χ3n) is 6.10. The van der Waals surface area contributed by atoms with Crippen LogP contribution in [0.4, 0.5) is 5.82 Å². The fourth-order valence-corrected chi connectivity index (χ4v) is 4.99. The first-order chi connectivity index (χ1) is 16.6. The molecule has 0 radical (unpaired) electrons. The number of anilines is 1. The molecule has 0 aliphatic carbocycles. The standard InChI is InChI=1S/C23H28N6O4S/c1-32-20-17(33-13-15(30)12-28-8-3-2-4-9-28)6-5-16-19(20)26-23(29-10-7-25-21(16)29)27-22(31)18-11-24-14-34-18/h5-6,11,14-15,25,30H,2-4,7-10,12-13H2,1H3. The van der Waals surface area contributed by atoms with E-state index >= 15 is 0 Å². The quantitative estimate of drug-likeness (QED) is 0.523. The lowest BCUT2D eigenvalue weighted by molar-refractivity contribution is 0.0609. The van der Waals surface area contributed by atoms with Gasteiger partial charge >= 0.3 is 0 Å². The number of carbonyl (C=O) groups excluding carboxylic acids is 1. The second-order valence-corrected chi connectivity index (χ2v) is 9.33. The highest BCUT2D eigenvalue weighted by Crippen LogP contribution is 2.37. The molecule has 1 saturated heterocycles. The van der Waals surface area contributed by atoms with Crippen LogP contribution in [-0.2, 0) is 6.54 Å². The predicted octanol–water partition coefficient (Wildman–Crippen LogP) is 1.89. The van der Waals surface area contributed by atoms with E-state index < -0.39 is 6.10 Å². The number of hydrogen-bond donors (Lipinski definition) is 2. The van der Waals surface area contributed by atoms with Gasteiger partial charge in [-0.3, -0.25) is 14.3 Å². The molecule has 10 nitrogen and oxygen atoms in total. The van der Waals surface area contributed by atoms with Gasteiger partial charge in [0.05, 0.1) is 18.8 Å². The number of methoxy groups -OCH3 is 1. The van der Waals surface area contributed by atoms with E-state index in [-0.39, 0.29) is 12.5 Å². The van der Waals surface area contributed by atoms with Gasteiger partial charge in [-0.15, -0.1) is 11.3 Å². The number of ether oxygens (including phenoxy) is 2. The highest BCUT2D eigenvalue weighted by molar-refractivity contribution is 7.11. The Bertz CT molecular complexity index is 1240. The van der Waals surface area contributed by atoms with E-state index in [9.17, 15) is 9.90 Å². The number of amides is 1. The van der Waals surface area contributed by atoms with E-state index in [0.717, 1.165) is 24.3 Å². The van der Waals surface area contributed by atoms with E-state index in [1.807, 2.05) is 16.7 Å². The number of nitrogens with one attached hydrogen (secondary N) is 1. The molecule has 3 aromatic rings. The Labute approximate surface area is 200 Å². The third-order valence-corrected chi connectivity index (χ3v) is 6.86. The Morgan fingerprint density at radius 1 is 1.29 bits per heavy atom. The van der Waals surface area contributed by atoms with E-state index in [1.165, 1.54) is 36.8 Å². The number of fused-ring (bicyclic) bond motifs is 3. The lowest BCUT2D eigenvalue weighted by atomic mass is 10.1. The molecule has 34 heavy (non-hydrogen) atoms. The van der Waals surface area contributed by atoms with Crippen molar-refractivity contribution in [3.63, 3.8) is 0 Å². The number of rotatable bonds is 7. The molecular weight excluding hydrogens is 456 g/mol. The molecule has 0 bridgehead atoms. The summed E-state index contributed by atoms with van der Waals surface area (Å²) < 4.78 is 13.5. The number of hydrogen-bond acceptors (Lipinski definition) is 9. The molecule has 1 amide bonds. The maximum Gasteiger partial charge on any atom is 0.291 e. The van der Waals surface area contributed by atoms with Crippen molar-refractivity contribution in [2.75, 3.05) is 45.2 Å². The Morgan fingerprint density at radius 3 is 2.91 bits per heavy atom. The number of benzene rings is 1. The average Bonchev–Trinajstić information content (AvgIpc) is 3.56. The molecule has 11 heteroatoms. The van der Waals surface area contributed by atoms with Gasteiger partial charge in [0, 0.05) is 25.0 Å². The number of aromatic nitrogens is 3. The average molecular weight is 485 g/mol. The molecule has 1 fully saturated rings. The molecule has 2 aromatic heterocycles. The molecule has 4 heterocycles. The van der Waals surface area contributed by atoms with E-state index in [4.69, 9.17) is 14.5 Å². The smallest absolute Gasteiger partial charge is 0.291 e. The molecule has 2 aliphatic heterocycles. The summed E-state index contributed by atoms with van der Waals surface area (Å²) in [5.74, 6) is 1.38. The van der Waals surface area contributed by atoms with Gasteiger partial charge in [-0.25, -0.2) is 4.98 Å². The van der Waals surface area contributed by atoms with Crippen LogP contribution in [-0.4, -0.2) is 76.4 Å². The molecule has 0 saturated carbocycles. The minimum Gasteiger partial charge on any atom is -0.491 e. The summed E-state index contributed by atoms with van der Waals surface area (Å²) in [5.41, 5.74) is 2.44. The Morgan fingerprint density at radius 2 is 2.15 bits per heavy atom. The summed E-state index contributed by atoms with van der Waals surface area (Å²) in [7, 11) is 1.56. The number of nitrogens with zero attached hydrogens (tertiary/aromatic N) is 5. The number of β-amino-alcohol motifs (C(OH)–C–C–N with tert-alkyl or cyclic N) is 1. The first kappa shape index (κ1) is 22.8. The molecule has 2 aliphatic rings. The Hall–Kier alpha value is -3.02. The van der Waals surface area contributed by atoms with Crippen LogP contribution < -0.4 is 20.4 Å². The largest absolute Gasteiger partial charge is 0.491 e. The zero-order valence-corrected chi connectivity index (χ0v) is 19.9. The van der Waals surface area contributed by atoms with Crippen molar-refractivity contribution in [3.05, 3.63) is 34.3 Å². The first-order valence-electron chi connectivity index (χ1n) is 11.5. The SMILES string of the molecule is COc1c(OCC(O)CN2CCCCC2)ccc2c3n(c(=NC(=O)c4cncs4)nc12)CCN3. The van der Waals surface area contributed by atoms with Crippen LogP contribution in [0.25, 0.3) is 10.9 Å². The molecule has 0 spiro atoms. The van der Waals surface area contributed by atoms with E-state index in [0.29, 0.717) is 47.1 Å². The minimum atomic E-state index is -0.605. The van der Waals surface area contributed by atoms with Gasteiger partial charge in [-0.1, -0.05) is 6.42 Å². The van der Waals surface area contributed by atoms with Gasteiger partial charge < -0.3 is 24.8 Å². The molecule has 2 N–H and O–H groups in total. The van der Waals surface area contributed by atoms with Crippen LogP contribution in [0.15, 0.2) is 28.8 Å². The third kappa shape index (κ3) is 4.63. The van der Waals surface area contributed by atoms with Crippen molar-refractivity contribution in [2.45, 2.75) is 31.9 Å². The molecular formula is C23H28N6O4S. The first-order valence-corrected chi connectivity index (χ1v) is 12.4. The van der Waals surface area contributed by atoms with Crippen LogP contribution >= 0.6 is 11.3 Å². The van der Waals surface area contributed by atoms with Gasteiger partial charge in [-0.2, -0.15) is 4.99 Å². The van der Waals surface area contributed by atoms with Crippen LogP contribution in [0.1, 0.15) is 28.9 Å². The van der Waals surface area contributed by atoms with E-state index in [2.05, 4.69) is 20.2 Å².